The molecule has 60 heavy (non-hydrogen) atoms. The van der Waals surface area contributed by atoms with Crippen molar-refractivity contribution in [3.63, 3.8) is 0 Å². The number of unbranched alkanes of at least 4 members (excludes halogenated alkanes) is 28. The van der Waals surface area contributed by atoms with E-state index < -0.39 is 51.1 Å². The van der Waals surface area contributed by atoms with Gasteiger partial charge in [0, 0.05) is 12.8 Å². The third-order valence-corrected chi connectivity index (χ3v) is 11.6. The lowest BCUT2D eigenvalue weighted by atomic mass is 10.1. The number of rotatable bonds is 46. The first-order valence-corrected chi connectivity index (χ1v) is 25.9. The minimum Gasteiger partial charge on any atom is -0.480 e. The normalized spacial score (nSPS) is 13.8. The Morgan fingerprint density at radius 2 is 0.833 bits per heavy atom. The van der Waals surface area contributed by atoms with Crippen molar-refractivity contribution in [1.82, 2.24) is 0 Å². The van der Waals surface area contributed by atoms with Crippen molar-refractivity contribution in [1.29, 1.82) is 0 Å². The van der Waals surface area contributed by atoms with Crippen LogP contribution in [0.5, 0.6) is 0 Å². The molecule has 0 radical (unpaired) electrons. The molecular formula is C48H90NO10P. The molecule has 0 fully saturated rings. The molecule has 352 valence electrons. The summed E-state index contributed by atoms with van der Waals surface area (Å²) in [6, 6.07) is -1.52. The van der Waals surface area contributed by atoms with E-state index in [1.807, 2.05) is 0 Å². The van der Waals surface area contributed by atoms with Gasteiger partial charge >= 0.3 is 25.7 Å². The molecule has 0 aromatic heterocycles. The first-order chi connectivity index (χ1) is 29.1. The van der Waals surface area contributed by atoms with Crippen LogP contribution >= 0.6 is 7.82 Å². The summed E-state index contributed by atoms with van der Waals surface area (Å²) in [5.41, 5.74) is 5.35. The molecule has 0 aliphatic rings. The Kier molecular flexibility index (Phi) is 42.1. The van der Waals surface area contributed by atoms with E-state index in [0.717, 1.165) is 44.9 Å². The monoisotopic (exact) mass is 872 g/mol. The van der Waals surface area contributed by atoms with Crippen LogP contribution in [0.25, 0.3) is 0 Å². The summed E-state index contributed by atoms with van der Waals surface area (Å²) in [5, 5.41) is 8.91. The Morgan fingerprint density at radius 1 is 0.500 bits per heavy atom. The zero-order valence-corrected chi connectivity index (χ0v) is 39.2. The molecule has 4 N–H and O–H groups in total. The highest BCUT2D eigenvalue weighted by molar-refractivity contribution is 7.47. The summed E-state index contributed by atoms with van der Waals surface area (Å²) in [4.78, 5) is 46.1. The van der Waals surface area contributed by atoms with Gasteiger partial charge in [0.15, 0.2) is 6.10 Å². The number of carbonyl (C=O) groups excluding carboxylic acids is 2. The van der Waals surface area contributed by atoms with Crippen LogP contribution in [-0.4, -0.2) is 59.9 Å². The molecule has 0 saturated carbocycles. The lowest BCUT2D eigenvalue weighted by Crippen LogP contribution is -2.34. The molecule has 0 aliphatic heterocycles. The topological polar surface area (TPSA) is 172 Å². The molecular weight excluding hydrogens is 781 g/mol. The van der Waals surface area contributed by atoms with E-state index in [9.17, 15) is 23.8 Å². The van der Waals surface area contributed by atoms with E-state index in [1.54, 1.807) is 0 Å². The van der Waals surface area contributed by atoms with Crippen LogP contribution in [0.15, 0.2) is 24.3 Å². The zero-order valence-electron chi connectivity index (χ0n) is 38.3. The summed E-state index contributed by atoms with van der Waals surface area (Å²) < 4.78 is 32.8. The molecule has 0 heterocycles. The van der Waals surface area contributed by atoms with Crippen LogP contribution < -0.4 is 5.73 Å². The Labute approximate surface area is 366 Å². The Morgan fingerprint density at radius 3 is 1.22 bits per heavy atom. The summed E-state index contributed by atoms with van der Waals surface area (Å²) in [6.07, 6.45) is 46.6. The number of hydrogen-bond acceptors (Lipinski definition) is 9. The number of allylic oxidation sites excluding steroid dienone is 4. The summed E-state index contributed by atoms with van der Waals surface area (Å²) >= 11 is 0. The second-order valence-electron chi connectivity index (χ2n) is 16.6. The van der Waals surface area contributed by atoms with E-state index in [4.69, 9.17) is 24.8 Å². The quantitative estimate of drug-likeness (QED) is 0.0230. The van der Waals surface area contributed by atoms with Gasteiger partial charge in [-0.05, 0) is 64.2 Å². The number of nitrogens with two attached hydrogens (primary N) is 1. The highest BCUT2D eigenvalue weighted by atomic mass is 31.2. The van der Waals surface area contributed by atoms with Crippen LogP contribution in [0.2, 0.25) is 0 Å². The van der Waals surface area contributed by atoms with Crippen molar-refractivity contribution >= 4 is 25.7 Å². The number of esters is 2. The molecule has 12 heteroatoms. The van der Waals surface area contributed by atoms with Crippen molar-refractivity contribution in [3.05, 3.63) is 24.3 Å². The number of aliphatic carboxylic acids is 1. The van der Waals surface area contributed by atoms with E-state index in [0.29, 0.717) is 12.8 Å². The van der Waals surface area contributed by atoms with Gasteiger partial charge in [0.25, 0.3) is 0 Å². The van der Waals surface area contributed by atoms with Crippen LogP contribution in [-0.2, 0) is 37.5 Å². The van der Waals surface area contributed by atoms with Gasteiger partial charge in [0.05, 0.1) is 13.2 Å². The van der Waals surface area contributed by atoms with Crippen molar-refractivity contribution in [2.45, 2.75) is 244 Å². The number of carboxylic acids is 1. The number of carboxylic acid groups (broad SMARTS) is 1. The van der Waals surface area contributed by atoms with E-state index in [2.05, 4.69) is 42.7 Å². The number of carbonyl (C=O) groups is 3. The summed E-state index contributed by atoms with van der Waals surface area (Å²) in [6.45, 7) is 2.82. The van der Waals surface area contributed by atoms with Gasteiger partial charge in [-0.1, -0.05) is 179 Å². The molecule has 0 bridgehead atoms. The van der Waals surface area contributed by atoms with Gasteiger partial charge in [-0.3, -0.25) is 23.4 Å². The van der Waals surface area contributed by atoms with E-state index in [1.165, 1.54) is 148 Å². The van der Waals surface area contributed by atoms with Crippen molar-refractivity contribution in [2.24, 2.45) is 5.73 Å². The summed E-state index contributed by atoms with van der Waals surface area (Å²) in [5.74, 6) is -2.37. The smallest absolute Gasteiger partial charge is 0.472 e. The van der Waals surface area contributed by atoms with Crippen molar-refractivity contribution in [3.8, 4) is 0 Å². The molecule has 0 aliphatic carbocycles. The minimum absolute atomic E-state index is 0.160. The molecule has 0 aromatic carbocycles. The summed E-state index contributed by atoms with van der Waals surface area (Å²) in [7, 11) is -4.72. The fourth-order valence-electron chi connectivity index (χ4n) is 6.82. The van der Waals surface area contributed by atoms with Gasteiger partial charge in [0.1, 0.15) is 12.6 Å². The molecule has 3 atom stereocenters. The van der Waals surface area contributed by atoms with Gasteiger partial charge in [-0.15, -0.1) is 0 Å². The van der Waals surface area contributed by atoms with Crippen molar-refractivity contribution < 1.29 is 47.5 Å². The fourth-order valence-corrected chi connectivity index (χ4v) is 7.60. The van der Waals surface area contributed by atoms with Crippen LogP contribution in [0, 0.1) is 0 Å². The second-order valence-corrected chi connectivity index (χ2v) is 18.0. The van der Waals surface area contributed by atoms with Crippen LogP contribution in [0.3, 0.4) is 0 Å². The van der Waals surface area contributed by atoms with Gasteiger partial charge < -0.3 is 25.2 Å². The minimum atomic E-state index is -4.72. The fraction of sp³-hybridized carbons (Fsp3) is 0.854. The Bertz CT molecular complexity index is 1120. The Hall–Kier alpha value is -2.04. The van der Waals surface area contributed by atoms with E-state index in [-0.39, 0.29) is 19.4 Å². The molecule has 0 amide bonds. The first-order valence-electron chi connectivity index (χ1n) is 24.4. The number of phosphoric ester groups is 1. The predicted octanol–water partition coefficient (Wildman–Crippen LogP) is 13.4. The first kappa shape index (κ1) is 58.0. The largest absolute Gasteiger partial charge is 0.480 e. The SMILES string of the molecule is CCCCCCCC/C=C\CCCCCCCCCCCC(=O)O[C@H](COC(=O)CCCCCCCCC/C=C\CCCCCCCC)COP(=O)(O)OC[C@H](N)C(=O)O. The number of hydrogen-bond donors (Lipinski definition) is 3. The average molecular weight is 872 g/mol. The zero-order chi connectivity index (χ0) is 44.2. The molecule has 11 nitrogen and oxygen atoms in total. The van der Waals surface area contributed by atoms with E-state index >= 15 is 0 Å². The molecule has 1 unspecified atom stereocenters. The lowest BCUT2D eigenvalue weighted by Gasteiger charge is -2.20. The maximum Gasteiger partial charge on any atom is 0.472 e. The lowest BCUT2D eigenvalue weighted by molar-refractivity contribution is -0.161. The third-order valence-electron chi connectivity index (χ3n) is 10.7. The highest BCUT2D eigenvalue weighted by Crippen LogP contribution is 2.43. The highest BCUT2D eigenvalue weighted by Gasteiger charge is 2.28. The standard InChI is InChI=1S/C48H90NO10P/c1-3-5-7-9-11-13-15-17-19-21-22-24-26-28-30-32-34-36-38-40-47(51)59-44(42-57-60(54,55)58-43-45(49)48(52)53)41-56-46(50)39-37-35-33-31-29-27-25-23-20-18-16-14-12-10-8-6-4-2/h17-20,44-45H,3-16,21-43,49H2,1-2H3,(H,52,53)(H,54,55)/b19-17-,20-18-/t44-,45+/m1/s1. The molecule has 0 saturated heterocycles. The third kappa shape index (κ3) is 42.6. The molecule has 0 rings (SSSR count). The second kappa shape index (κ2) is 43.6. The Balaban J connectivity index is 4.28. The predicted molar refractivity (Wildman–Crippen MR) is 245 cm³/mol. The number of ether oxygens (including phenoxy) is 2. The van der Waals surface area contributed by atoms with Crippen LogP contribution in [0.4, 0.5) is 0 Å². The van der Waals surface area contributed by atoms with Crippen molar-refractivity contribution in [2.75, 3.05) is 19.8 Å². The molecule has 0 aromatic rings. The van der Waals surface area contributed by atoms with Gasteiger partial charge in [-0.25, -0.2) is 4.57 Å². The van der Waals surface area contributed by atoms with Gasteiger partial charge in [-0.2, -0.15) is 0 Å². The molecule has 0 spiro atoms. The maximum atomic E-state index is 12.7. The van der Waals surface area contributed by atoms with Gasteiger partial charge in [0.2, 0.25) is 0 Å². The number of phosphoric acid groups is 1. The average Bonchev–Trinajstić information content (AvgIpc) is 3.22. The van der Waals surface area contributed by atoms with Crippen LogP contribution in [0.1, 0.15) is 232 Å². The maximum absolute atomic E-state index is 12.7.